The molecule has 2 N–H and O–H groups in total. The van der Waals surface area contributed by atoms with E-state index < -0.39 is 0 Å². The van der Waals surface area contributed by atoms with Crippen molar-refractivity contribution in [3.63, 3.8) is 0 Å². The Labute approximate surface area is 134 Å². The van der Waals surface area contributed by atoms with E-state index in [1.165, 1.54) is 0 Å². The van der Waals surface area contributed by atoms with Gasteiger partial charge >= 0.3 is 0 Å². The highest BCUT2D eigenvalue weighted by atomic mass is 35.5. The van der Waals surface area contributed by atoms with Gasteiger partial charge in [-0.3, -0.25) is 4.79 Å². The first-order chi connectivity index (χ1) is 9.05. The van der Waals surface area contributed by atoms with Crippen molar-refractivity contribution in [2.75, 3.05) is 18.9 Å². The van der Waals surface area contributed by atoms with Crippen LogP contribution >= 0.6 is 12.4 Å². The highest BCUT2D eigenvalue weighted by molar-refractivity contribution is 5.90. The molecule has 0 unspecified atom stereocenters. The van der Waals surface area contributed by atoms with Crippen LogP contribution in [-0.2, 0) is 15.7 Å². The molecule has 0 spiro atoms. The molecule has 0 aliphatic heterocycles. The second kappa shape index (κ2) is 7.27. The molecular formula is C15H29ClN4O. The van der Waals surface area contributed by atoms with Crippen LogP contribution < -0.4 is 10.6 Å². The maximum atomic E-state index is 11.9. The van der Waals surface area contributed by atoms with Gasteiger partial charge in [-0.05, 0) is 27.8 Å². The molecule has 1 aromatic heterocycles. The third-order valence-electron chi connectivity index (χ3n) is 2.98. The number of carbonyl (C=O) groups is 1. The summed E-state index contributed by atoms with van der Waals surface area (Å²) in [5.41, 5.74) is 0.770. The van der Waals surface area contributed by atoms with Crippen LogP contribution in [0.25, 0.3) is 0 Å². The van der Waals surface area contributed by atoms with E-state index in [4.69, 9.17) is 0 Å². The highest BCUT2D eigenvalue weighted by Gasteiger charge is 2.25. The molecule has 122 valence electrons. The predicted octanol–water partition coefficient (Wildman–Crippen LogP) is 2.91. The van der Waals surface area contributed by atoms with Gasteiger partial charge in [-0.2, -0.15) is 5.10 Å². The lowest BCUT2D eigenvalue weighted by atomic mass is 9.92. The SMILES string of the molecule is CNCCC(=O)Nc1cc(C(C)(C)C)nn1C(C)(C)C.Cl. The van der Waals surface area contributed by atoms with Crippen LogP contribution in [0.15, 0.2) is 6.07 Å². The Morgan fingerprint density at radius 2 is 1.81 bits per heavy atom. The van der Waals surface area contributed by atoms with Crippen molar-refractivity contribution in [3.8, 4) is 0 Å². The Morgan fingerprint density at radius 3 is 2.24 bits per heavy atom. The van der Waals surface area contributed by atoms with Gasteiger partial charge in [0.1, 0.15) is 5.82 Å². The van der Waals surface area contributed by atoms with Crippen LogP contribution in [0.1, 0.15) is 53.7 Å². The van der Waals surface area contributed by atoms with Crippen LogP contribution in [-0.4, -0.2) is 29.3 Å². The van der Waals surface area contributed by atoms with E-state index in [2.05, 4.69) is 57.3 Å². The third kappa shape index (κ3) is 5.67. The van der Waals surface area contributed by atoms with Crippen LogP contribution in [0.2, 0.25) is 0 Å². The van der Waals surface area contributed by atoms with E-state index in [0.29, 0.717) is 13.0 Å². The van der Waals surface area contributed by atoms with Gasteiger partial charge in [0.15, 0.2) is 0 Å². The Morgan fingerprint density at radius 1 is 1.24 bits per heavy atom. The predicted molar refractivity (Wildman–Crippen MR) is 90.3 cm³/mol. The molecule has 1 amide bonds. The second-order valence-corrected chi connectivity index (χ2v) is 7.15. The smallest absolute Gasteiger partial charge is 0.226 e. The molecule has 5 nitrogen and oxygen atoms in total. The average molecular weight is 317 g/mol. The molecule has 0 saturated carbocycles. The maximum absolute atomic E-state index is 11.9. The molecule has 0 fully saturated rings. The zero-order valence-corrected chi connectivity index (χ0v) is 15.0. The van der Waals surface area contributed by atoms with Crippen LogP contribution in [0.5, 0.6) is 0 Å². The first-order valence-corrected chi connectivity index (χ1v) is 7.11. The summed E-state index contributed by atoms with van der Waals surface area (Å²) in [7, 11) is 1.84. The number of hydrogen-bond acceptors (Lipinski definition) is 3. The number of aromatic nitrogens is 2. The molecule has 1 rings (SSSR count). The van der Waals surface area contributed by atoms with Gasteiger partial charge in [-0.15, -0.1) is 12.4 Å². The number of anilines is 1. The molecule has 0 saturated heterocycles. The number of nitrogens with one attached hydrogen (secondary N) is 2. The van der Waals surface area contributed by atoms with Gasteiger partial charge in [-0.25, -0.2) is 4.68 Å². The quantitative estimate of drug-likeness (QED) is 0.898. The number of hydrogen-bond donors (Lipinski definition) is 2. The lowest BCUT2D eigenvalue weighted by molar-refractivity contribution is -0.116. The van der Waals surface area contributed by atoms with Crippen molar-refractivity contribution in [3.05, 3.63) is 11.8 Å². The summed E-state index contributed by atoms with van der Waals surface area (Å²) in [6.45, 7) is 13.3. The summed E-state index contributed by atoms with van der Waals surface area (Å²) in [6, 6.07) is 1.97. The van der Waals surface area contributed by atoms with E-state index in [1.807, 2.05) is 17.8 Å². The lowest BCUT2D eigenvalue weighted by Crippen LogP contribution is -2.28. The first kappa shape index (κ1) is 19.9. The zero-order valence-electron chi connectivity index (χ0n) is 14.2. The topological polar surface area (TPSA) is 59.0 Å². The van der Waals surface area contributed by atoms with Gasteiger partial charge < -0.3 is 10.6 Å². The minimum atomic E-state index is -0.172. The van der Waals surface area contributed by atoms with Crippen LogP contribution in [0.3, 0.4) is 0 Å². The third-order valence-corrected chi connectivity index (χ3v) is 2.98. The summed E-state index contributed by atoms with van der Waals surface area (Å²) in [6.07, 6.45) is 0.455. The Hall–Kier alpha value is -1.07. The molecule has 21 heavy (non-hydrogen) atoms. The first-order valence-electron chi connectivity index (χ1n) is 7.11. The number of rotatable bonds is 4. The molecule has 0 radical (unpaired) electrons. The number of amides is 1. The number of carbonyl (C=O) groups excluding carboxylic acids is 1. The number of halogens is 1. The minimum Gasteiger partial charge on any atom is -0.319 e. The number of nitrogens with zero attached hydrogens (tertiary/aromatic N) is 2. The molecule has 0 aromatic carbocycles. The fraction of sp³-hybridized carbons (Fsp3) is 0.733. The normalized spacial score (nSPS) is 12.0. The fourth-order valence-electron chi connectivity index (χ4n) is 1.79. The summed E-state index contributed by atoms with van der Waals surface area (Å²) in [4.78, 5) is 11.9. The van der Waals surface area contributed by atoms with Crippen molar-refractivity contribution in [1.29, 1.82) is 0 Å². The van der Waals surface area contributed by atoms with Gasteiger partial charge in [0, 0.05) is 24.4 Å². The molecular weight excluding hydrogens is 288 g/mol. The average Bonchev–Trinajstić information content (AvgIpc) is 2.69. The van der Waals surface area contributed by atoms with Crippen molar-refractivity contribution in [1.82, 2.24) is 15.1 Å². The Kier molecular flexibility index (Phi) is 6.90. The summed E-state index contributed by atoms with van der Waals surface area (Å²) >= 11 is 0. The second-order valence-electron chi connectivity index (χ2n) is 7.15. The summed E-state index contributed by atoms with van der Waals surface area (Å²) in [5.74, 6) is 0.772. The summed E-state index contributed by atoms with van der Waals surface area (Å²) in [5, 5.41) is 10.6. The van der Waals surface area contributed by atoms with E-state index >= 15 is 0 Å². The van der Waals surface area contributed by atoms with Crippen LogP contribution in [0.4, 0.5) is 5.82 Å². The summed E-state index contributed by atoms with van der Waals surface area (Å²) < 4.78 is 1.89. The van der Waals surface area contributed by atoms with Crippen molar-refractivity contribution >= 4 is 24.1 Å². The van der Waals surface area contributed by atoms with Crippen molar-refractivity contribution in [2.45, 2.75) is 58.9 Å². The highest BCUT2D eigenvalue weighted by Crippen LogP contribution is 2.28. The van der Waals surface area contributed by atoms with Gasteiger partial charge in [-0.1, -0.05) is 20.8 Å². The minimum absolute atomic E-state index is 0. The molecule has 0 atom stereocenters. The van der Waals surface area contributed by atoms with E-state index in [0.717, 1.165) is 11.5 Å². The largest absolute Gasteiger partial charge is 0.319 e. The molecule has 1 aromatic rings. The monoisotopic (exact) mass is 316 g/mol. The Bertz CT molecular complexity index is 469. The molecule has 6 heteroatoms. The molecule has 0 aliphatic rings. The molecule has 1 heterocycles. The van der Waals surface area contributed by atoms with Gasteiger partial charge in [0.25, 0.3) is 0 Å². The van der Waals surface area contributed by atoms with E-state index in [9.17, 15) is 4.79 Å². The lowest BCUT2D eigenvalue weighted by Gasteiger charge is -2.23. The Balaban J connectivity index is 0.00000400. The van der Waals surface area contributed by atoms with Gasteiger partial charge in [0.2, 0.25) is 5.91 Å². The van der Waals surface area contributed by atoms with E-state index in [1.54, 1.807) is 0 Å². The molecule has 0 bridgehead atoms. The standard InChI is InChI=1S/C15H28N4O.ClH/c1-14(2,3)11-10-12(17-13(20)8-9-16-7)19(18-11)15(4,5)6;/h10,16H,8-9H2,1-7H3,(H,17,20);1H. The van der Waals surface area contributed by atoms with Crippen molar-refractivity contribution < 1.29 is 4.79 Å². The van der Waals surface area contributed by atoms with Crippen molar-refractivity contribution in [2.24, 2.45) is 0 Å². The molecule has 0 aliphatic carbocycles. The van der Waals surface area contributed by atoms with E-state index in [-0.39, 0.29) is 29.3 Å². The zero-order chi connectivity index (χ0) is 15.6. The maximum Gasteiger partial charge on any atom is 0.226 e. The van der Waals surface area contributed by atoms with Crippen LogP contribution in [0, 0.1) is 0 Å². The fourth-order valence-corrected chi connectivity index (χ4v) is 1.79. The van der Waals surface area contributed by atoms with Gasteiger partial charge in [0.05, 0.1) is 11.2 Å².